The van der Waals surface area contributed by atoms with Crippen LogP contribution in [0.25, 0.3) is 0 Å². The van der Waals surface area contributed by atoms with Gasteiger partial charge in [-0.15, -0.1) is 23.2 Å². The third kappa shape index (κ3) is 6.79. The van der Waals surface area contributed by atoms with Gasteiger partial charge >= 0.3 is 12.6 Å². The fraction of sp³-hybridized carbons (Fsp3) is 0.192. The van der Waals surface area contributed by atoms with E-state index < -0.39 is 80.1 Å². The van der Waals surface area contributed by atoms with Crippen LogP contribution in [0.2, 0.25) is 10.0 Å². The van der Waals surface area contributed by atoms with Gasteiger partial charge < -0.3 is 16.0 Å². The molecule has 228 valence electrons. The minimum atomic E-state index is -4.78. The number of halogens is 11. The molecule has 0 unspecified atom stereocenters. The van der Waals surface area contributed by atoms with Gasteiger partial charge in [-0.3, -0.25) is 14.4 Å². The molecule has 3 amide bonds. The quantitative estimate of drug-likeness (QED) is 0.172. The summed E-state index contributed by atoms with van der Waals surface area (Å²) in [5.41, 5.74) is -3.48. The average Bonchev–Trinajstić information content (AvgIpc) is 3.50. The zero-order chi connectivity index (χ0) is 32.0. The summed E-state index contributed by atoms with van der Waals surface area (Å²) in [4.78, 5) is 37.1. The Kier molecular flexibility index (Phi) is 9.13. The van der Waals surface area contributed by atoms with Crippen LogP contribution in [0, 0.1) is 17.6 Å². The molecule has 0 heterocycles. The molecule has 1 fully saturated rings. The number of nitrogens with one attached hydrogen (secondary N) is 3. The first-order chi connectivity index (χ1) is 19.9. The molecule has 0 aliphatic heterocycles. The van der Waals surface area contributed by atoms with Crippen LogP contribution in [0.1, 0.15) is 27.4 Å². The Morgan fingerprint density at radius 3 is 2.14 bits per heavy atom. The van der Waals surface area contributed by atoms with Crippen LogP contribution in [-0.4, -0.2) is 28.5 Å². The van der Waals surface area contributed by atoms with Gasteiger partial charge in [0.25, 0.3) is 11.8 Å². The molecule has 3 aromatic rings. The average molecular weight is 691 g/mol. The molecular formula is C26H14Cl4F7N3O3. The molecular weight excluding hydrogens is 677 g/mol. The summed E-state index contributed by atoms with van der Waals surface area (Å²) in [6.45, 7) is 0. The summed E-state index contributed by atoms with van der Waals surface area (Å²) < 4.78 is 91.9. The number of carbonyl (C=O) groups excluding carboxylic acids is 3. The van der Waals surface area contributed by atoms with Crippen LogP contribution in [0.15, 0.2) is 48.5 Å². The maximum Gasteiger partial charge on any atom is 0.417 e. The molecule has 17 heteroatoms. The van der Waals surface area contributed by atoms with E-state index in [4.69, 9.17) is 46.4 Å². The fourth-order valence-corrected chi connectivity index (χ4v) is 5.41. The van der Waals surface area contributed by atoms with Crippen molar-refractivity contribution in [1.82, 2.24) is 0 Å². The molecule has 0 bridgehead atoms. The Labute approximate surface area is 257 Å². The highest BCUT2D eigenvalue weighted by atomic mass is 35.5. The van der Waals surface area contributed by atoms with Crippen molar-refractivity contribution in [2.24, 2.45) is 5.92 Å². The van der Waals surface area contributed by atoms with Crippen LogP contribution in [0.5, 0.6) is 0 Å². The standard InChI is InChI=1S/C26H14Cl4F7N3O3/c27-13-4-2-10(8-11(13)22(41)39-16-6-5-15(31)20(19(16)32)40-24(43)21(33)34)38-23(42)18-17(25(18,29)30)9-1-3-14(28)12(7-9)26(35,36)37/h1-8,17-18,21H,(H,38,42)(H,39,41)(H,40,43)/t17-,18+/m0/s1. The predicted molar refractivity (Wildman–Crippen MR) is 146 cm³/mol. The molecule has 3 N–H and O–H groups in total. The first-order valence-corrected chi connectivity index (χ1v) is 13.2. The van der Waals surface area contributed by atoms with Crippen molar-refractivity contribution >= 4 is 81.2 Å². The number of anilines is 3. The van der Waals surface area contributed by atoms with Crippen molar-refractivity contribution in [2.75, 3.05) is 16.0 Å². The lowest BCUT2D eigenvalue weighted by molar-refractivity contribution is -0.137. The van der Waals surface area contributed by atoms with Crippen LogP contribution >= 0.6 is 46.4 Å². The van der Waals surface area contributed by atoms with Gasteiger partial charge in [-0.2, -0.15) is 22.0 Å². The number of amides is 3. The minimum absolute atomic E-state index is 0.00322. The van der Waals surface area contributed by atoms with Crippen LogP contribution < -0.4 is 16.0 Å². The number of hydrogen-bond donors (Lipinski definition) is 3. The van der Waals surface area contributed by atoms with Crippen LogP contribution in [0.3, 0.4) is 0 Å². The Bertz CT molecular complexity index is 1640. The van der Waals surface area contributed by atoms with Gasteiger partial charge in [-0.25, -0.2) is 8.78 Å². The van der Waals surface area contributed by atoms with Crippen molar-refractivity contribution in [3.63, 3.8) is 0 Å². The second kappa shape index (κ2) is 12.0. The molecule has 0 saturated heterocycles. The highest BCUT2D eigenvalue weighted by molar-refractivity contribution is 6.53. The minimum Gasteiger partial charge on any atom is -0.326 e. The van der Waals surface area contributed by atoms with E-state index in [0.717, 1.165) is 24.3 Å². The summed E-state index contributed by atoms with van der Waals surface area (Å²) in [5.74, 6) is -9.14. The van der Waals surface area contributed by atoms with Crippen molar-refractivity contribution < 1.29 is 45.1 Å². The monoisotopic (exact) mass is 689 g/mol. The molecule has 3 aromatic carbocycles. The second-order valence-electron chi connectivity index (χ2n) is 9.08. The highest BCUT2D eigenvalue weighted by Crippen LogP contribution is 2.65. The van der Waals surface area contributed by atoms with Crippen molar-refractivity contribution in [3.05, 3.63) is 86.9 Å². The van der Waals surface area contributed by atoms with E-state index in [-0.39, 0.29) is 21.8 Å². The predicted octanol–water partition coefficient (Wildman–Crippen LogP) is 8.27. The van der Waals surface area contributed by atoms with Crippen LogP contribution in [0.4, 0.5) is 47.8 Å². The van der Waals surface area contributed by atoms with E-state index in [1.54, 1.807) is 0 Å². The van der Waals surface area contributed by atoms with Crippen molar-refractivity contribution in [1.29, 1.82) is 0 Å². The normalized spacial score (nSPS) is 17.4. The molecule has 1 aliphatic rings. The van der Waals surface area contributed by atoms with Gasteiger partial charge in [0.15, 0.2) is 5.82 Å². The van der Waals surface area contributed by atoms with Gasteiger partial charge in [-0.05, 0) is 48.0 Å². The number of hydrogen-bond acceptors (Lipinski definition) is 3. The maximum atomic E-state index is 14.7. The van der Waals surface area contributed by atoms with Gasteiger partial charge in [-0.1, -0.05) is 29.3 Å². The number of carbonyl (C=O) groups is 3. The number of rotatable bonds is 7. The second-order valence-corrected chi connectivity index (χ2v) is 11.3. The van der Waals surface area contributed by atoms with E-state index in [1.165, 1.54) is 23.5 Å². The van der Waals surface area contributed by atoms with E-state index in [2.05, 4.69) is 10.6 Å². The lowest BCUT2D eigenvalue weighted by Crippen LogP contribution is -2.22. The summed E-state index contributed by atoms with van der Waals surface area (Å²) in [5, 5.41) is 5.10. The lowest BCUT2D eigenvalue weighted by atomic mass is 10.0. The van der Waals surface area contributed by atoms with E-state index in [0.29, 0.717) is 6.07 Å². The van der Waals surface area contributed by atoms with E-state index in [9.17, 15) is 45.1 Å². The first kappa shape index (κ1) is 32.6. The van der Waals surface area contributed by atoms with E-state index >= 15 is 0 Å². The third-order valence-corrected chi connectivity index (χ3v) is 7.85. The van der Waals surface area contributed by atoms with Crippen molar-refractivity contribution in [3.8, 4) is 0 Å². The zero-order valence-corrected chi connectivity index (χ0v) is 23.8. The molecule has 1 aliphatic carbocycles. The summed E-state index contributed by atoms with van der Waals surface area (Å²) in [6, 6.07) is 7.85. The molecule has 0 spiro atoms. The molecule has 4 rings (SSSR count). The molecule has 1 saturated carbocycles. The molecule has 2 atom stereocenters. The number of benzene rings is 3. The Hall–Kier alpha value is -3.26. The zero-order valence-electron chi connectivity index (χ0n) is 20.7. The largest absolute Gasteiger partial charge is 0.417 e. The SMILES string of the molecule is O=C(Nc1ccc(F)c(NC(=O)C(F)F)c1F)c1cc(NC(=O)[C@H]2[C@H](c3ccc(Cl)c(C(F)(F)F)c3)C2(Cl)Cl)ccc1Cl. The molecule has 6 nitrogen and oxygen atoms in total. The molecule has 0 radical (unpaired) electrons. The Morgan fingerprint density at radius 1 is 0.860 bits per heavy atom. The Balaban J connectivity index is 1.53. The smallest absolute Gasteiger partial charge is 0.326 e. The first-order valence-electron chi connectivity index (χ1n) is 11.7. The molecule has 0 aromatic heterocycles. The topological polar surface area (TPSA) is 87.3 Å². The van der Waals surface area contributed by atoms with E-state index in [1.807, 2.05) is 0 Å². The van der Waals surface area contributed by atoms with Gasteiger partial charge in [0, 0.05) is 11.6 Å². The van der Waals surface area contributed by atoms with Crippen LogP contribution in [-0.2, 0) is 15.8 Å². The number of alkyl halides is 7. The summed E-state index contributed by atoms with van der Waals surface area (Å²) >= 11 is 24.2. The summed E-state index contributed by atoms with van der Waals surface area (Å²) in [7, 11) is 0. The Morgan fingerprint density at radius 2 is 1.51 bits per heavy atom. The highest BCUT2D eigenvalue weighted by Gasteiger charge is 2.67. The van der Waals surface area contributed by atoms with Gasteiger partial charge in [0.2, 0.25) is 5.91 Å². The fourth-order valence-electron chi connectivity index (χ4n) is 4.15. The third-order valence-electron chi connectivity index (χ3n) is 6.26. The van der Waals surface area contributed by atoms with Gasteiger partial charge in [0.1, 0.15) is 15.8 Å². The maximum absolute atomic E-state index is 14.7. The van der Waals surface area contributed by atoms with Crippen molar-refractivity contribution in [2.45, 2.75) is 22.9 Å². The van der Waals surface area contributed by atoms with Gasteiger partial charge in [0.05, 0.1) is 32.8 Å². The lowest BCUT2D eigenvalue weighted by Gasteiger charge is -2.13. The molecule has 43 heavy (non-hydrogen) atoms. The summed E-state index contributed by atoms with van der Waals surface area (Å²) in [6.07, 6.45) is -8.36.